The van der Waals surface area contributed by atoms with E-state index < -0.39 is 23.7 Å². The number of halogens is 4. The number of methoxy groups -OCH3 is 1. The summed E-state index contributed by atoms with van der Waals surface area (Å²) in [7, 11) is 1.39. The molecule has 0 saturated carbocycles. The number of nitrogens with two attached hydrogens (primary N) is 1. The number of nitrogens with one attached hydrogen (secondary N) is 1. The molecule has 1 atom stereocenters. The Kier molecular flexibility index (Phi) is 6.97. The number of rotatable bonds is 5. The van der Waals surface area contributed by atoms with Crippen LogP contribution in [0, 0.1) is 6.92 Å². The lowest BCUT2D eigenvalue weighted by molar-refractivity contribution is -0.137. The summed E-state index contributed by atoms with van der Waals surface area (Å²) in [5, 5.41) is 6.53. The maximum absolute atomic E-state index is 13.2. The highest BCUT2D eigenvalue weighted by Crippen LogP contribution is 2.34. The molecule has 0 spiro atoms. The standard InChI is InChI=1S/C15H17F3N4O2.ClH/c1-9-7-13(20-14(23)11(19)8-24-2)22(21-9)12-6-4-3-5-10(12)15(16,17)18;/h3-7,11H,8,19H2,1-2H3,(H,20,23);1H. The van der Waals surface area contributed by atoms with Crippen LogP contribution < -0.4 is 11.1 Å². The molecule has 25 heavy (non-hydrogen) atoms. The number of hydrogen-bond donors (Lipinski definition) is 2. The van der Waals surface area contributed by atoms with Crippen LogP contribution in [0.4, 0.5) is 19.0 Å². The van der Waals surface area contributed by atoms with Crippen molar-refractivity contribution in [2.45, 2.75) is 19.1 Å². The molecule has 6 nitrogen and oxygen atoms in total. The highest BCUT2D eigenvalue weighted by molar-refractivity contribution is 5.94. The van der Waals surface area contributed by atoms with Gasteiger partial charge in [-0.25, -0.2) is 4.68 Å². The van der Waals surface area contributed by atoms with Gasteiger partial charge in [-0.1, -0.05) is 12.1 Å². The molecule has 3 N–H and O–H groups in total. The van der Waals surface area contributed by atoms with E-state index in [0.717, 1.165) is 10.7 Å². The fraction of sp³-hybridized carbons (Fsp3) is 0.333. The number of aryl methyl sites for hydroxylation is 1. The molecule has 0 aliphatic carbocycles. The second-order valence-electron chi connectivity index (χ2n) is 5.15. The van der Waals surface area contributed by atoms with Crippen molar-refractivity contribution in [2.24, 2.45) is 5.73 Å². The number of benzene rings is 1. The van der Waals surface area contributed by atoms with E-state index in [0.29, 0.717) is 5.69 Å². The van der Waals surface area contributed by atoms with Gasteiger partial charge in [0.15, 0.2) is 0 Å². The Balaban J connectivity index is 0.00000312. The summed E-state index contributed by atoms with van der Waals surface area (Å²) in [6.07, 6.45) is -4.55. The van der Waals surface area contributed by atoms with E-state index in [1.807, 2.05) is 0 Å². The van der Waals surface area contributed by atoms with Crippen LogP contribution in [0.1, 0.15) is 11.3 Å². The molecule has 1 aromatic carbocycles. The Bertz CT molecular complexity index is 734. The second kappa shape index (κ2) is 8.32. The largest absolute Gasteiger partial charge is 0.418 e. The van der Waals surface area contributed by atoms with Crippen LogP contribution in [0.3, 0.4) is 0 Å². The predicted molar refractivity (Wildman–Crippen MR) is 89.0 cm³/mol. The zero-order valence-electron chi connectivity index (χ0n) is 13.5. The van der Waals surface area contributed by atoms with Crippen LogP contribution in [0.5, 0.6) is 0 Å². The third kappa shape index (κ3) is 4.94. The predicted octanol–water partition coefficient (Wildman–Crippen LogP) is 2.53. The first-order chi connectivity index (χ1) is 11.2. The van der Waals surface area contributed by atoms with Crippen molar-refractivity contribution in [1.29, 1.82) is 0 Å². The van der Waals surface area contributed by atoms with Crippen molar-refractivity contribution in [1.82, 2.24) is 9.78 Å². The monoisotopic (exact) mass is 378 g/mol. The molecular weight excluding hydrogens is 361 g/mol. The Labute approximate surface area is 148 Å². The number of carbonyl (C=O) groups excluding carboxylic acids is 1. The molecule has 0 saturated heterocycles. The maximum atomic E-state index is 13.2. The number of amides is 1. The third-order valence-electron chi connectivity index (χ3n) is 3.20. The van der Waals surface area contributed by atoms with E-state index in [1.54, 1.807) is 6.92 Å². The van der Waals surface area contributed by atoms with Gasteiger partial charge in [-0.05, 0) is 19.1 Å². The van der Waals surface area contributed by atoms with Crippen molar-refractivity contribution in [3.05, 3.63) is 41.6 Å². The first-order valence-electron chi connectivity index (χ1n) is 7.02. The lowest BCUT2D eigenvalue weighted by Gasteiger charge is -2.16. The Morgan fingerprint density at radius 1 is 1.40 bits per heavy atom. The van der Waals surface area contributed by atoms with Crippen LogP contribution in [-0.2, 0) is 15.7 Å². The van der Waals surface area contributed by atoms with Gasteiger partial charge >= 0.3 is 6.18 Å². The van der Waals surface area contributed by atoms with E-state index >= 15 is 0 Å². The number of anilines is 1. The highest BCUT2D eigenvalue weighted by Gasteiger charge is 2.34. The van der Waals surface area contributed by atoms with Crippen molar-refractivity contribution < 1.29 is 22.7 Å². The summed E-state index contributed by atoms with van der Waals surface area (Å²) in [5.74, 6) is -0.483. The minimum atomic E-state index is -4.55. The lowest BCUT2D eigenvalue weighted by atomic mass is 10.1. The fourth-order valence-corrected chi connectivity index (χ4v) is 2.14. The van der Waals surface area contributed by atoms with Crippen molar-refractivity contribution >= 4 is 24.1 Å². The normalized spacial score (nSPS) is 12.4. The molecule has 1 amide bonds. The molecule has 0 aliphatic rings. The summed E-state index contributed by atoms with van der Waals surface area (Å²) in [6, 6.07) is 5.50. The van der Waals surface area contributed by atoms with Gasteiger partial charge in [0.05, 0.1) is 23.6 Å². The van der Waals surface area contributed by atoms with E-state index in [4.69, 9.17) is 10.5 Å². The van der Waals surface area contributed by atoms with Gasteiger partial charge in [0.1, 0.15) is 11.9 Å². The van der Waals surface area contributed by atoms with Crippen molar-refractivity contribution in [3.8, 4) is 5.69 Å². The van der Waals surface area contributed by atoms with Crippen LogP contribution >= 0.6 is 12.4 Å². The fourth-order valence-electron chi connectivity index (χ4n) is 2.14. The molecule has 0 fully saturated rings. The van der Waals surface area contributed by atoms with Crippen molar-refractivity contribution in [2.75, 3.05) is 19.0 Å². The first-order valence-corrected chi connectivity index (χ1v) is 7.02. The Morgan fingerprint density at radius 3 is 2.64 bits per heavy atom. The number of aromatic nitrogens is 2. The van der Waals surface area contributed by atoms with E-state index in [1.165, 1.54) is 31.4 Å². The summed E-state index contributed by atoms with van der Waals surface area (Å²) in [6.45, 7) is 1.59. The topological polar surface area (TPSA) is 82.2 Å². The molecule has 0 bridgehead atoms. The second-order valence-corrected chi connectivity index (χ2v) is 5.15. The Hall–Kier alpha value is -2.10. The van der Waals surface area contributed by atoms with Gasteiger partial charge in [-0.3, -0.25) is 4.79 Å². The molecule has 0 aliphatic heterocycles. The highest BCUT2D eigenvalue weighted by atomic mass is 35.5. The summed E-state index contributed by atoms with van der Waals surface area (Å²) < 4.78 is 45.4. The average Bonchev–Trinajstić information content (AvgIpc) is 2.87. The van der Waals surface area contributed by atoms with Gasteiger partial charge in [-0.15, -0.1) is 12.4 Å². The molecule has 0 radical (unpaired) electrons. The molecule has 2 aromatic rings. The summed E-state index contributed by atoms with van der Waals surface area (Å²) in [4.78, 5) is 12.0. The number of hydrogen-bond acceptors (Lipinski definition) is 4. The zero-order valence-corrected chi connectivity index (χ0v) is 14.3. The van der Waals surface area contributed by atoms with Crippen LogP contribution in [-0.4, -0.2) is 35.4 Å². The zero-order chi connectivity index (χ0) is 17.9. The Morgan fingerprint density at radius 2 is 2.04 bits per heavy atom. The van der Waals surface area contributed by atoms with Gasteiger partial charge in [-0.2, -0.15) is 18.3 Å². The molecule has 1 unspecified atom stereocenters. The van der Waals surface area contributed by atoms with Gasteiger partial charge in [0.25, 0.3) is 0 Å². The SMILES string of the molecule is COCC(N)C(=O)Nc1cc(C)nn1-c1ccccc1C(F)(F)F.Cl. The summed E-state index contributed by atoms with van der Waals surface area (Å²) >= 11 is 0. The minimum Gasteiger partial charge on any atom is -0.383 e. The van der Waals surface area contributed by atoms with Crippen LogP contribution in [0.25, 0.3) is 5.69 Å². The van der Waals surface area contributed by atoms with E-state index in [-0.39, 0.29) is 30.5 Å². The molecular formula is C15H18ClF3N4O2. The number of alkyl halides is 3. The first kappa shape index (κ1) is 20.9. The lowest BCUT2D eigenvalue weighted by Crippen LogP contribution is -2.39. The number of ether oxygens (including phenoxy) is 1. The molecule has 1 aromatic heterocycles. The molecule has 10 heteroatoms. The maximum Gasteiger partial charge on any atom is 0.418 e. The van der Waals surface area contributed by atoms with Gasteiger partial charge in [0.2, 0.25) is 5.91 Å². The molecule has 1 heterocycles. The molecule has 138 valence electrons. The van der Waals surface area contributed by atoms with Gasteiger partial charge < -0.3 is 15.8 Å². The van der Waals surface area contributed by atoms with Crippen LogP contribution in [0.2, 0.25) is 0 Å². The molecule has 2 rings (SSSR count). The van der Waals surface area contributed by atoms with Crippen LogP contribution in [0.15, 0.2) is 30.3 Å². The third-order valence-corrected chi connectivity index (χ3v) is 3.20. The van der Waals surface area contributed by atoms with E-state index in [9.17, 15) is 18.0 Å². The quantitative estimate of drug-likeness (QED) is 0.837. The number of nitrogens with zero attached hydrogens (tertiary/aromatic N) is 2. The van der Waals surface area contributed by atoms with Crippen molar-refractivity contribution in [3.63, 3.8) is 0 Å². The summed E-state index contributed by atoms with van der Waals surface area (Å²) in [5.41, 5.74) is 5.03. The minimum absolute atomic E-state index is 0. The average molecular weight is 379 g/mol. The smallest absolute Gasteiger partial charge is 0.383 e. The number of carbonyl (C=O) groups is 1. The number of para-hydroxylation sites is 1. The van der Waals surface area contributed by atoms with Gasteiger partial charge in [0, 0.05) is 13.2 Å². The van der Waals surface area contributed by atoms with E-state index in [2.05, 4.69) is 10.4 Å².